The summed E-state index contributed by atoms with van der Waals surface area (Å²) in [5, 5.41) is 15.6. The van der Waals surface area contributed by atoms with E-state index in [1.165, 1.54) is 50.1 Å². The predicted octanol–water partition coefficient (Wildman–Crippen LogP) is 4.50. The third kappa shape index (κ3) is 10.9. The van der Waals surface area contributed by atoms with Crippen molar-refractivity contribution in [3.05, 3.63) is 29.3 Å². The van der Waals surface area contributed by atoms with Gasteiger partial charge in [-0.15, -0.1) is 11.8 Å². The molecule has 1 fully saturated rings. The smallest absolute Gasteiger partial charge is 0.414 e. The lowest BCUT2D eigenvalue weighted by Crippen LogP contribution is -2.45. The van der Waals surface area contributed by atoms with Gasteiger partial charge in [0, 0.05) is 23.6 Å². The molecule has 29 heavy (non-hydrogen) atoms. The van der Waals surface area contributed by atoms with Crippen LogP contribution in [0.5, 0.6) is 0 Å². The van der Waals surface area contributed by atoms with Crippen LogP contribution in [-0.2, 0) is 14.3 Å². The highest BCUT2D eigenvalue weighted by Gasteiger charge is 2.28. The van der Waals surface area contributed by atoms with E-state index in [4.69, 9.17) is 36.1 Å². The van der Waals surface area contributed by atoms with E-state index in [2.05, 4.69) is 24.0 Å². The number of unbranched alkanes of at least 4 members (excludes halogenated alkanes) is 2. The van der Waals surface area contributed by atoms with Gasteiger partial charge in [-0.25, -0.2) is 9.59 Å². The van der Waals surface area contributed by atoms with E-state index in [1.54, 1.807) is 0 Å². The van der Waals surface area contributed by atoms with E-state index in [1.807, 2.05) is 31.0 Å². The Morgan fingerprint density at radius 1 is 1.28 bits per heavy atom. The van der Waals surface area contributed by atoms with Crippen LogP contribution in [0.2, 0.25) is 5.02 Å². The van der Waals surface area contributed by atoms with Crippen molar-refractivity contribution in [2.45, 2.75) is 50.0 Å². The fourth-order valence-electron chi connectivity index (χ4n) is 3.30. The highest BCUT2D eigenvalue weighted by atomic mass is 35.5. The van der Waals surface area contributed by atoms with E-state index >= 15 is 0 Å². The van der Waals surface area contributed by atoms with Crippen molar-refractivity contribution >= 4 is 35.3 Å². The number of halogens is 1. The Bertz CT molecular complexity index is 619. The Hall–Kier alpha value is -1.28. The van der Waals surface area contributed by atoms with Gasteiger partial charge < -0.3 is 19.8 Å². The molecular formula is C21H32ClNO5S. The first-order chi connectivity index (χ1) is 13.9. The number of thioether (sulfide) groups is 1. The molecule has 0 radical (unpaired) electrons. The normalized spacial score (nSPS) is 19.3. The standard InChI is InChI=1S/C19H30ClNOS.C2H2O4/c1-3-4-5-11-21-12-9-16(19(15-21)22-2)10-13-23-18-8-6-7-17(20)14-18;3-1(4)2(5)6/h6-8,14,16,19H,3-5,9-13,15H2,1-2H3;(H,3,4)(H,5,6)/t16-,19+;/m1./s1. The van der Waals surface area contributed by atoms with Crippen LogP contribution < -0.4 is 0 Å². The fourth-order valence-corrected chi connectivity index (χ4v) is 4.60. The zero-order chi connectivity index (χ0) is 21.6. The van der Waals surface area contributed by atoms with Crippen LogP contribution in [0, 0.1) is 5.92 Å². The van der Waals surface area contributed by atoms with Crippen LogP contribution >= 0.6 is 23.4 Å². The number of hydrogen-bond donors (Lipinski definition) is 2. The number of benzene rings is 1. The first kappa shape index (κ1) is 25.8. The third-order valence-electron chi connectivity index (χ3n) is 4.90. The number of carbonyl (C=O) groups is 2. The number of methoxy groups -OCH3 is 1. The highest BCUT2D eigenvalue weighted by molar-refractivity contribution is 7.99. The monoisotopic (exact) mass is 445 g/mol. The molecule has 2 N–H and O–H groups in total. The van der Waals surface area contributed by atoms with Crippen molar-refractivity contribution in [3.8, 4) is 0 Å². The molecule has 2 atom stereocenters. The Labute approximate surface area is 182 Å². The summed E-state index contributed by atoms with van der Waals surface area (Å²) in [7, 11) is 1.87. The fraction of sp³-hybridized carbons (Fsp3) is 0.619. The molecule has 0 saturated carbocycles. The Balaban J connectivity index is 0.000000612. The molecule has 1 heterocycles. The molecule has 0 aliphatic carbocycles. The molecule has 0 spiro atoms. The van der Waals surface area contributed by atoms with Crippen molar-refractivity contribution in [2.24, 2.45) is 5.92 Å². The first-order valence-electron chi connectivity index (χ1n) is 9.97. The van der Waals surface area contributed by atoms with Gasteiger partial charge in [0.2, 0.25) is 0 Å². The molecule has 1 saturated heterocycles. The van der Waals surface area contributed by atoms with Gasteiger partial charge in [0.25, 0.3) is 0 Å². The second kappa shape index (κ2) is 14.7. The number of aliphatic carboxylic acids is 2. The van der Waals surface area contributed by atoms with Gasteiger partial charge in [0.05, 0.1) is 6.10 Å². The quantitative estimate of drug-likeness (QED) is 0.328. The molecule has 0 aromatic heterocycles. The number of rotatable bonds is 9. The lowest BCUT2D eigenvalue weighted by molar-refractivity contribution is -0.159. The second-order valence-corrected chi connectivity index (χ2v) is 8.64. The molecule has 8 heteroatoms. The Kier molecular flexibility index (Phi) is 13.0. The minimum atomic E-state index is -1.82. The zero-order valence-electron chi connectivity index (χ0n) is 17.2. The van der Waals surface area contributed by atoms with Crippen LogP contribution in [0.15, 0.2) is 29.2 Å². The molecule has 1 aromatic carbocycles. The molecule has 0 unspecified atom stereocenters. The van der Waals surface area contributed by atoms with Crippen molar-refractivity contribution in [2.75, 3.05) is 32.5 Å². The van der Waals surface area contributed by atoms with Crippen LogP contribution in [0.4, 0.5) is 0 Å². The molecule has 0 bridgehead atoms. The molecule has 1 aliphatic rings. The van der Waals surface area contributed by atoms with Gasteiger partial charge in [-0.05, 0) is 62.2 Å². The van der Waals surface area contributed by atoms with Crippen molar-refractivity contribution in [1.29, 1.82) is 0 Å². The molecule has 1 aliphatic heterocycles. The van der Waals surface area contributed by atoms with Gasteiger partial charge >= 0.3 is 11.9 Å². The van der Waals surface area contributed by atoms with Crippen molar-refractivity contribution in [1.82, 2.24) is 4.90 Å². The van der Waals surface area contributed by atoms with Gasteiger partial charge in [0.15, 0.2) is 0 Å². The second-order valence-electron chi connectivity index (χ2n) is 7.04. The number of piperidine rings is 1. The minimum Gasteiger partial charge on any atom is -0.473 e. The van der Waals surface area contributed by atoms with Crippen molar-refractivity contribution in [3.63, 3.8) is 0 Å². The number of carboxylic acid groups (broad SMARTS) is 2. The highest BCUT2D eigenvalue weighted by Crippen LogP contribution is 2.28. The number of likely N-dealkylation sites (tertiary alicyclic amines) is 1. The van der Waals surface area contributed by atoms with E-state index in [0.29, 0.717) is 12.0 Å². The molecule has 6 nitrogen and oxygen atoms in total. The van der Waals surface area contributed by atoms with Gasteiger partial charge in [0.1, 0.15) is 0 Å². The van der Waals surface area contributed by atoms with Crippen LogP contribution in [-0.4, -0.2) is 65.7 Å². The maximum Gasteiger partial charge on any atom is 0.414 e. The van der Waals surface area contributed by atoms with E-state index < -0.39 is 11.9 Å². The number of hydrogen-bond acceptors (Lipinski definition) is 5. The zero-order valence-corrected chi connectivity index (χ0v) is 18.8. The molecule has 2 rings (SSSR count). The molecule has 1 aromatic rings. The van der Waals surface area contributed by atoms with Crippen LogP contribution in [0.3, 0.4) is 0 Å². The molecular weight excluding hydrogens is 414 g/mol. The predicted molar refractivity (Wildman–Crippen MR) is 117 cm³/mol. The maximum atomic E-state index is 9.10. The summed E-state index contributed by atoms with van der Waals surface area (Å²) in [5.74, 6) is -1.82. The van der Waals surface area contributed by atoms with Crippen LogP contribution in [0.25, 0.3) is 0 Å². The summed E-state index contributed by atoms with van der Waals surface area (Å²) in [6.45, 7) is 5.84. The maximum absolute atomic E-state index is 9.10. The summed E-state index contributed by atoms with van der Waals surface area (Å²) in [5.41, 5.74) is 0. The number of ether oxygens (including phenoxy) is 1. The number of nitrogens with zero attached hydrogens (tertiary/aromatic N) is 1. The summed E-state index contributed by atoms with van der Waals surface area (Å²) < 4.78 is 5.79. The Morgan fingerprint density at radius 3 is 2.59 bits per heavy atom. The molecule has 0 amide bonds. The van der Waals surface area contributed by atoms with Gasteiger partial charge in [-0.1, -0.05) is 37.4 Å². The lowest BCUT2D eigenvalue weighted by Gasteiger charge is -2.38. The van der Waals surface area contributed by atoms with Gasteiger partial charge in [-0.2, -0.15) is 0 Å². The SMILES string of the molecule is CCCCCN1CC[C@H](CCSc2cccc(Cl)c2)[C@@H](OC)C1.O=C(O)C(=O)O. The van der Waals surface area contributed by atoms with E-state index in [0.717, 1.165) is 17.3 Å². The summed E-state index contributed by atoms with van der Waals surface area (Å²) >= 11 is 7.95. The molecule has 164 valence electrons. The van der Waals surface area contributed by atoms with E-state index in [9.17, 15) is 0 Å². The van der Waals surface area contributed by atoms with E-state index in [-0.39, 0.29) is 0 Å². The first-order valence-corrected chi connectivity index (χ1v) is 11.3. The largest absolute Gasteiger partial charge is 0.473 e. The number of carboxylic acids is 2. The van der Waals surface area contributed by atoms with Crippen molar-refractivity contribution < 1.29 is 24.5 Å². The topological polar surface area (TPSA) is 87.1 Å². The summed E-state index contributed by atoms with van der Waals surface area (Å²) in [6, 6.07) is 8.15. The Morgan fingerprint density at radius 2 is 2.00 bits per heavy atom. The van der Waals surface area contributed by atoms with Crippen LogP contribution in [0.1, 0.15) is 39.0 Å². The lowest BCUT2D eigenvalue weighted by atomic mass is 9.91. The minimum absolute atomic E-state index is 0.394. The van der Waals surface area contributed by atoms with Gasteiger partial charge in [-0.3, -0.25) is 0 Å². The average molecular weight is 446 g/mol. The summed E-state index contributed by atoms with van der Waals surface area (Å²) in [4.78, 5) is 22.1. The summed E-state index contributed by atoms with van der Waals surface area (Å²) in [6.07, 6.45) is 6.84. The average Bonchev–Trinajstić information content (AvgIpc) is 2.69. The third-order valence-corrected chi connectivity index (χ3v) is 6.16.